The number of ether oxygens (including phenoxy) is 1. The molecule has 0 spiro atoms. The summed E-state index contributed by atoms with van der Waals surface area (Å²) < 4.78 is 4.81. The summed E-state index contributed by atoms with van der Waals surface area (Å²) in [6.07, 6.45) is 3.41. The summed E-state index contributed by atoms with van der Waals surface area (Å²) in [5, 5.41) is 4.84. The Labute approximate surface area is 198 Å². The van der Waals surface area contributed by atoms with Gasteiger partial charge in [-0.3, -0.25) is 0 Å². The van der Waals surface area contributed by atoms with Crippen LogP contribution in [0.1, 0.15) is 57.8 Å². The second-order valence-electron chi connectivity index (χ2n) is 9.17. The first-order valence-electron chi connectivity index (χ1n) is 11.1. The van der Waals surface area contributed by atoms with Gasteiger partial charge in [0.05, 0.1) is 12.7 Å². The van der Waals surface area contributed by atoms with Crippen LogP contribution in [0, 0.1) is 0 Å². The van der Waals surface area contributed by atoms with Crippen molar-refractivity contribution in [3.8, 4) is 0 Å². The van der Waals surface area contributed by atoms with E-state index in [0.717, 1.165) is 23.1 Å². The van der Waals surface area contributed by atoms with Crippen molar-refractivity contribution in [1.82, 2.24) is 0 Å². The highest BCUT2D eigenvalue weighted by Crippen LogP contribution is 2.45. The number of benzene rings is 3. The smallest absolute Gasteiger partial charge is 0.337 e. The van der Waals surface area contributed by atoms with Crippen molar-refractivity contribution in [1.29, 1.82) is 0 Å². The van der Waals surface area contributed by atoms with E-state index in [1.54, 1.807) is 12.1 Å². The number of thiophene rings is 1. The second-order valence-corrected chi connectivity index (χ2v) is 10.0. The molecule has 1 aromatic heterocycles. The van der Waals surface area contributed by atoms with Gasteiger partial charge in [-0.25, -0.2) is 4.79 Å². The predicted molar refractivity (Wildman–Crippen MR) is 139 cm³/mol. The van der Waals surface area contributed by atoms with E-state index >= 15 is 0 Å². The summed E-state index contributed by atoms with van der Waals surface area (Å²) in [6.45, 7) is 9.00. The van der Waals surface area contributed by atoms with Gasteiger partial charge in [-0.1, -0.05) is 75.0 Å². The molecule has 0 radical (unpaired) electrons. The van der Waals surface area contributed by atoms with E-state index < -0.39 is 0 Å². The Morgan fingerprint density at radius 2 is 1.67 bits per heavy atom. The van der Waals surface area contributed by atoms with Gasteiger partial charge in [0.15, 0.2) is 0 Å². The van der Waals surface area contributed by atoms with Crippen molar-refractivity contribution < 1.29 is 9.53 Å². The standard InChI is InChI=1S/C30H26O2S/c1-19(20-9-11-21(12-10-20)29(31)32-4)22-13-14-27-26(17-22)25(15-16-30(27,2)3)28-24-8-6-5-7-23(24)18-33-28/h5-15,17-18H,1,16H2,2-4H3. The minimum Gasteiger partial charge on any atom is -0.465 e. The van der Waals surface area contributed by atoms with Crippen molar-refractivity contribution in [3.63, 3.8) is 0 Å². The third kappa shape index (κ3) is 3.73. The maximum atomic E-state index is 11.8. The van der Waals surface area contributed by atoms with Crippen LogP contribution in [0.4, 0.5) is 0 Å². The molecule has 33 heavy (non-hydrogen) atoms. The average Bonchev–Trinajstić information content (AvgIpc) is 3.27. The maximum Gasteiger partial charge on any atom is 0.337 e. The first-order chi connectivity index (χ1) is 15.9. The van der Waals surface area contributed by atoms with Gasteiger partial charge in [-0.05, 0) is 74.2 Å². The van der Waals surface area contributed by atoms with Crippen LogP contribution in [0.15, 0.2) is 84.8 Å². The summed E-state index contributed by atoms with van der Waals surface area (Å²) >= 11 is 1.82. The largest absolute Gasteiger partial charge is 0.465 e. The number of hydrogen-bond donors (Lipinski definition) is 0. The number of esters is 1. The first-order valence-corrected chi connectivity index (χ1v) is 12.0. The number of rotatable bonds is 4. The van der Waals surface area contributed by atoms with Crippen molar-refractivity contribution in [2.45, 2.75) is 25.7 Å². The number of carbonyl (C=O) groups excluding carboxylic acids is 1. The number of hydrogen-bond acceptors (Lipinski definition) is 3. The Bertz CT molecular complexity index is 1420. The molecule has 0 amide bonds. The fourth-order valence-corrected chi connectivity index (χ4v) is 5.71. The molecule has 0 unspecified atom stereocenters. The molecule has 1 aliphatic carbocycles. The summed E-state index contributed by atoms with van der Waals surface area (Å²) in [5.74, 6) is -0.332. The number of fused-ring (bicyclic) bond motifs is 2. The molecule has 0 saturated heterocycles. The SMILES string of the molecule is C=C(c1ccc(C(=O)OC)cc1)c1ccc2c(c1)C(c1scc3ccccc13)=CCC2(C)C. The molecule has 2 nitrogen and oxygen atoms in total. The Balaban J connectivity index is 1.58. The number of carbonyl (C=O) groups is 1. The van der Waals surface area contributed by atoms with Crippen LogP contribution in [-0.4, -0.2) is 13.1 Å². The van der Waals surface area contributed by atoms with Crippen molar-refractivity contribution >= 4 is 39.2 Å². The van der Waals surface area contributed by atoms with E-state index in [9.17, 15) is 4.79 Å². The van der Waals surface area contributed by atoms with Crippen molar-refractivity contribution in [2.75, 3.05) is 7.11 Å². The van der Waals surface area contributed by atoms with E-state index in [1.165, 1.54) is 39.5 Å². The molecular formula is C30H26O2S. The van der Waals surface area contributed by atoms with E-state index in [4.69, 9.17) is 4.74 Å². The molecule has 0 bridgehead atoms. The lowest BCUT2D eigenvalue weighted by Gasteiger charge is -2.32. The zero-order valence-corrected chi connectivity index (χ0v) is 20.0. The van der Waals surface area contributed by atoms with Gasteiger partial charge in [0.1, 0.15) is 0 Å². The van der Waals surface area contributed by atoms with Crippen molar-refractivity contribution in [2.24, 2.45) is 0 Å². The zero-order chi connectivity index (χ0) is 23.2. The molecule has 4 aromatic rings. The fraction of sp³-hybridized carbons (Fsp3) is 0.167. The third-order valence-electron chi connectivity index (χ3n) is 6.61. The molecule has 3 heteroatoms. The minimum atomic E-state index is -0.332. The Hall–Kier alpha value is -3.43. The van der Waals surface area contributed by atoms with Gasteiger partial charge < -0.3 is 4.74 Å². The van der Waals surface area contributed by atoms with Crippen LogP contribution in [0.5, 0.6) is 0 Å². The molecule has 0 saturated carbocycles. The minimum absolute atomic E-state index is 0.0773. The molecule has 0 N–H and O–H groups in total. The van der Waals surface area contributed by atoms with Crippen LogP contribution in [-0.2, 0) is 10.2 Å². The Kier molecular flexibility index (Phi) is 5.30. The Morgan fingerprint density at radius 1 is 0.970 bits per heavy atom. The molecular weight excluding hydrogens is 424 g/mol. The first kappa shape index (κ1) is 21.4. The molecule has 5 rings (SSSR count). The lowest BCUT2D eigenvalue weighted by molar-refractivity contribution is 0.0600. The summed E-state index contributed by atoms with van der Waals surface area (Å²) in [4.78, 5) is 13.1. The fourth-order valence-electron chi connectivity index (χ4n) is 4.63. The summed E-state index contributed by atoms with van der Waals surface area (Å²) in [7, 11) is 1.39. The topological polar surface area (TPSA) is 26.3 Å². The number of methoxy groups -OCH3 is 1. The molecule has 0 fully saturated rings. The van der Waals surface area contributed by atoms with Crippen LogP contribution < -0.4 is 0 Å². The van der Waals surface area contributed by atoms with E-state index in [2.05, 4.69) is 74.3 Å². The highest BCUT2D eigenvalue weighted by atomic mass is 32.1. The maximum absolute atomic E-state index is 11.8. The third-order valence-corrected chi connectivity index (χ3v) is 7.66. The van der Waals surface area contributed by atoms with Gasteiger partial charge in [0.25, 0.3) is 0 Å². The van der Waals surface area contributed by atoms with Gasteiger partial charge >= 0.3 is 5.97 Å². The lowest BCUT2D eigenvalue weighted by atomic mass is 9.72. The zero-order valence-electron chi connectivity index (χ0n) is 19.1. The van der Waals surface area contributed by atoms with Gasteiger partial charge in [-0.15, -0.1) is 11.3 Å². The van der Waals surface area contributed by atoms with Gasteiger partial charge in [0.2, 0.25) is 0 Å². The summed E-state index contributed by atoms with van der Waals surface area (Å²) in [5.41, 5.74) is 7.59. The van der Waals surface area contributed by atoms with Crippen LogP contribution in [0.25, 0.3) is 21.9 Å². The predicted octanol–water partition coefficient (Wildman–Crippen LogP) is 7.86. The molecule has 0 aliphatic heterocycles. The highest BCUT2D eigenvalue weighted by molar-refractivity contribution is 7.13. The van der Waals surface area contributed by atoms with Crippen LogP contribution in [0.3, 0.4) is 0 Å². The van der Waals surface area contributed by atoms with E-state index in [0.29, 0.717) is 5.56 Å². The van der Waals surface area contributed by atoms with Crippen LogP contribution in [0.2, 0.25) is 0 Å². The lowest BCUT2D eigenvalue weighted by Crippen LogP contribution is -2.21. The highest BCUT2D eigenvalue weighted by Gasteiger charge is 2.30. The molecule has 1 heterocycles. The molecule has 0 atom stereocenters. The second kappa shape index (κ2) is 8.17. The average molecular weight is 451 g/mol. The van der Waals surface area contributed by atoms with Gasteiger partial charge in [0, 0.05) is 10.3 Å². The normalized spacial score (nSPS) is 14.5. The van der Waals surface area contributed by atoms with Crippen LogP contribution >= 0.6 is 11.3 Å². The Morgan fingerprint density at radius 3 is 2.42 bits per heavy atom. The quantitative estimate of drug-likeness (QED) is 0.296. The number of allylic oxidation sites excluding steroid dienone is 1. The van der Waals surface area contributed by atoms with E-state index in [-0.39, 0.29) is 11.4 Å². The van der Waals surface area contributed by atoms with Crippen molar-refractivity contribution in [3.05, 3.63) is 117 Å². The molecule has 1 aliphatic rings. The van der Waals surface area contributed by atoms with E-state index in [1.807, 2.05) is 23.5 Å². The summed E-state index contributed by atoms with van der Waals surface area (Å²) in [6, 6.07) is 22.8. The monoisotopic (exact) mass is 450 g/mol. The molecule has 3 aromatic carbocycles. The van der Waals surface area contributed by atoms with Gasteiger partial charge in [-0.2, -0.15) is 0 Å². The molecule has 164 valence electrons.